The Hall–Kier alpha value is -1.63. The molecule has 0 bridgehead atoms. The molecule has 7 heteroatoms. The fourth-order valence-electron chi connectivity index (χ4n) is 3.00. The number of carboxylic acid groups (broad SMARTS) is 1. The smallest absolute Gasteiger partial charge is 0.326 e. The summed E-state index contributed by atoms with van der Waals surface area (Å²) in [6, 6.07) is -1.05. The molecule has 1 aliphatic heterocycles. The van der Waals surface area contributed by atoms with Crippen molar-refractivity contribution in [2.45, 2.75) is 51.0 Å². The van der Waals surface area contributed by atoms with Crippen LogP contribution in [0.1, 0.15) is 42.7 Å². The average Bonchev–Trinajstić information content (AvgIpc) is 2.89. The van der Waals surface area contributed by atoms with Gasteiger partial charge in [0.15, 0.2) is 5.13 Å². The van der Waals surface area contributed by atoms with E-state index in [1.165, 1.54) is 27.5 Å². The van der Waals surface area contributed by atoms with Crippen LogP contribution in [0.2, 0.25) is 0 Å². The van der Waals surface area contributed by atoms with E-state index in [0.717, 1.165) is 37.8 Å². The highest BCUT2D eigenvalue weighted by molar-refractivity contribution is 7.15. The maximum atomic E-state index is 12.3. The molecule has 0 aromatic carbocycles. The van der Waals surface area contributed by atoms with Crippen molar-refractivity contribution >= 4 is 28.5 Å². The Kier molecular flexibility index (Phi) is 4.10. The summed E-state index contributed by atoms with van der Waals surface area (Å²) >= 11 is 1.52. The molecule has 1 unspecified atom stereocenters. The maximum Gasteiger partial charge on any atom is 0.326 e. The molecular formula is C14H19N3O3S. The summed E-state index contributed by atoms with van der Waals surface area (Å²) in [5, 5.41) is 12.6. The Balaban J connectivity index is 1.70. The van der Waals surface area contributed by atoms with E-state index in [0.29, 0.717) is 18.1 Å². The first-order valence-corrected chi connectivity index (χ1v) is 8.26. The fourth-order valence-corrected chi connectivity index (χ4v) is 4.04. The van der Waals surface area contributed by atoms with Crippen LogP contribution in [0.3, 0.4) is 0 Å². The number of aromatic nitrogens is 1. The zero-order valence-corrected chi connectivity index (χ0v) is 12.6. The Bertz CT molecular complexity index is 534. The van der Waals surface area contributed by atoms with E-state index in [2.05, 4.69) is 10.3 Å². The van der Waals surface area contributed by atoms with E-state index >= 15 is 0 Å². The van der Waals surface area contributed by atoms with Gasteiger partial charge in [0.25, 0.3) is 0 Å². The lowest BCUT2D eigenvalue weighted by molar-refractivity contribution is -0.143. The van der Waals surface area contributed by atoms with Crippen LogP contribution in [-0.4, -0.2) is 39.6 Å². The first kappa shape index (κ1) is 14.3. The Morgan fingerprint density at radius 3 is 2.81 bits per heavy atom. The van der Waals surface area contributed by atoms with E-state index in [4.69, 9.17) is 0 Å². The highest BCUT2D eigenvalue weighted by Crippen LogP contribution is 2.30. The van der Waals surface area contributed by atoms with Gasteiger partial charge in [-0.25, -0.2) is 14.6 Å². The Morgan fingerprint density at radius 1 is 1.24 bits per heavy atom. The molecule has 2 N–H and O–H groups in total. The van der Waals surface area contributed by atoms with Crippen molar-refractivity contribution in [2.75, 3.05) is 11.9 Å². The van der Waals surface area contributed by atoms with E-state index < -0.39 is 12.0 Å². The van der Waals surface area contributed by atoms with Gasteiger partial charge in [-0.1, -0.05) is 0 Å². The summed E-state index contributed by atoms with van der Waals surface area (Å²) in [5.41, 5.74) is 1.09. The lowest BCUT2D eigenvalue weighted by Crippen LogP contribution is -2.49. The molecule has 1 aliphatic carbocycles. The Morgan fingerprint density at radius 2 is 2.05 bits per heavy atom. The molecule has 2 amide bonds. The van der Waals surface area contributed by atoms with Crippen LogP contribution in [0.25, 0.3) is 0 Å². The van der Waals surface area contributed by atoms with Crippen LogP contribution in [0.15, 0.2) is 0 Å². The van der Waals surface area contributed by atoms with Crippen molar-refractivity contribution in [3.63, 3.8) is 0 Å². The number of anilines is 1. The van der Waals surface area contributed by atoms with Crippen molar-refractivity contribution < 1.29 is 14.7 Å². The molecule has 21 heavy (non-hydrogen) atoms. The highest BCUT2D eigenvalue weighted by Gasteiger charge is 2.32. The second-order valence-corrected chi connectivity index (χ2v) is 6.65. The number of aryl methyl sites for hydroxylation is 2. The Labute approximate surface area is 127 Å². The molecular weight excluding hydrogens is 290 g/mol. The number of fused-ring (bicyclic) bond motifs is 1. The molecule has 114 valence electrons. The zero-order chi connectivity index (χ0) is 14.8. The van der Waals surface area contributed by atoms with E-state index in [1.54, 1.807) is 0 Å². The molecule has 0 saturated carbocycles. The summed E-state index contributed by atoms with van der Waals surface area (Å²) < 4.78 is 0. The standard InChI is InChI=1S/C14H19N3O3S/c18-12(19)10-6-3-4-8-17(10)14(20)16-13-15-9-5-1-2-7-11(9)21-13/h10H,1-8H2,(H,18,19)(H,15,16,20). The molecule has 6 nitrogen and oxygen atoms in total. The van der Waals surface area contributed by atoms with E-state index in [1.807, 2.05) is 0 Å². The molecule has 1 aromatic heterocycles. The highest BCUT2D eigenvalue weighted by atomic mass is 32.1. The second kappa shape index (κ2) is 6.01. The number of carbonyl (C=O) groups is 2. The van der Waals surface area contributed by atoms with Crippen molar-refractivity contribution in [3.05, 3.63) is 10.6 Å². The minimum absolute atomic E-state index is 0.340. The number of piperidine rings is 1. The van der Waals surface area contributed by atoms with Gasteiger partial charge in [-0.15, -0.1) is 11.3 Å². The van der Waals surface area contributed by atoms with Crippen LogP contribution in [0.4, 0.5) is 9.93 Å². The summed E-state index contributed by atoms with van der Waals surface area (Å²) in [7, 11) is 0. The fraction of sp³-hybridized carbons (Fsp3) is 0.643. The predicted octanol–water partition coefficient (Wildman–Crippen LogP) is 2.49. The number of likely N-dealkylation sites (tertiary alicyclic amines) is 1. The number of hydrogen-bond donors (Lipinski definition) is 2. The summed E-state index contributed by atoms with van der Waals surface area (Å²) in [6.45, 7) is 0.494. The van der Waals surface area contributed by atoms with Crippen LogP contribution < -0.4 is 5.32 Å². The molecule has 0 spiro atoms. The topological polar surface area (TPSA) is 82.5 Å². The SMILES string of the molecule is O=C(O)C1CCCCN1C(=O)Nc1nc2c(s1)CCCC2. The van der Waals surface area contributed by atoms with Crippen LogP contribution in [0, 0.1) is 0 Å². The van der Waals surface area contributed by atoms with Gasteiger partial charge < -0.3 is 10.0 Å². The van der Waals surface area contributed by atoms with Gasteiger partial charge in [0.2, 0.25) is 0 Å². The van der Waals surface area contributed by atoms with Gasteiger partial charge in [0.1, 0.15) is 6.04 Å². The third-order valence-electron chi connectivity index (χ3n) is 4.11. The third-order valence-corrected chi connectivity index (χ3v) is 5.18. The van der Waals surface area contributed by atoms with Crippen molar-refractivity contribution in [1.29, 1.82) is 0 Å². The van der Waals surface area contributed by atoms with E-state index in [9.17, 15) is 14.7 Å². The van der Waals surface area contributed by atoms with Crippen molar-refractivity contribution in [3.8, 4) is 0 Å². The zero-order valence-electron chi connectivity index (χ0n) is 11.8. The lowest BCUT2D eigenvalue weighted by Gasteiger charge is -2.32. The summed E-state index contributed by atoms with van der Waals surface area (Å²) in [5.74, 6) is -0.928. The molecule has 1 aromatic rings. The molecule has 1 saturated heterocycles. The monoisotopic (exact) mass is 309 g/mol. The van der Waals surface area contributed by atoms with Crippen LogP contribution in [0.5, 0.6) is 0 Å². The number of hydrogen-bond acceptors (Lipinski definition) is 4. The molecule has 2 heterocycles. The minimum atomic E-state index is -0.928. The minimum Gasteiger partial charge on any atom is -0.480 e. The van der Waals surface area contributed by atoms with Gasteiger partial charge in [-0.3, -0.25) is 5.32 Å². The molecule has 0 radical (unpaired) electrons. The number of nitrogens with one attached hydrogen (secondary N) is 1. The van der Waals surface area contributed by atoms with E-state index in [-0.39, 0.29) is 6.03 Å². The van der Waals surface area contributed by atoms with Gasteiger partial charge in [-0.05, 0) is 44.9 Å². The number of thiazole rings is 1. The quantitative estimate of drug-likeness (QED) is 0.879. The number of amides is 2. The number of carbonyl (C=O) groups excluding carboxylic acids is 1. The molecule has 1 fully saturated rings. The van der Waals surface area contributed by atoms with Crippen LogP contribution >= 0.6 is 11.3 Å². The largest absolute Gasteiger partial charge is 0.480 e. The maximum absolute atomic E-state index is 12.3. The summed E-state index contributed by atoms with van der Waals surface area (Å²) in [6.07, 6.45) is 6.57. The van der Waals surface area contributed by atoms with Crippen molar-refractivity contribution in [2.24, 2.45) is 0 Å². The van der Waals surface area contributed by atoms with Gasteiger partial charge >= 0.3 is 12.0 Å². The van der Waals surface area contributed by atoms with Crippen LogP contribution in [-0.2, 0) is 17.6 Å². The first-order valence-electron chi connectivity index (χ1n) is 7.44. The molecule has 3 rings (SSSR count). The lowest BCUT2D eigenvalue weighted by atomic mass is 10.0. The third kappa shape index (κ3) is 3.02. The van der Waals surface area contributed by atoms with Gasteiger partial charge in [0.05, 0.1) is 5.69 Å². The summed E-state index contributed by atoms with van der Waals surface area (Å²) in [4.78, 5) is 30.7. The first-order chi connectivity index (χ1) is 10.1. The van der Waals surface area contributed by atoms with Gasteiger partial charge in [-0.2, -0.15) is 0 Å². The average molecular weight is 309 g/mol. The molecule has 2 aliphatic rings. The number of aliphatic carboxylic acids is 1. The number of nitrogens with zero attached hydrogens (tertiary/aromatic N) is 2. The van der Waals surface area contributed by atoms with Crippen molar-refractivity contribution in [1.82, 2.24) is 9.88 Å². The normalized spacial score (nSPS) is 21.7. The van der Waals surface area contributed by atoms with Gasteiger partial charge in [0, 0.05) is 11.4 Å². The number of carboxylic acids is 1. The molecule has 1 atom stereocenters. The predicted molar refractivity (Wildman–Crippen MR) is 79.8 cm³/mol. The number of urea groups is 1. The number of rotatable bonds is 2. The second-order valence-electron chi connectivity index (χ2n) is 5.57.